The van der Waals surface area contributed by atoms with Gasteiger partial charge < -0.3 is 9.80 Å². The predicted octanol–water partition coefficient (Wildman–Crippen LogP) is 1.74. The topological polar surface area (TPSA) is 78.0 Å². The third-order valence-electron chi connectivity index (χ3n) is 5.54. The molecule has 152 valence electrons. The minimum Gasteiger partial charge on any atom is -0.340 e. The van der Waals surface area contributed by atoms with Crippen LogP contribution in [0.25, 0.3) is 0 Å². The second kappa shape index (κ2) is 7.61. The smallest absolute Gasteiger partial charge is 0.258 e. The summed E-state index contributed by atoms with van der Waals surface area (Å²) in [5.74, 6) is -0.256. The summed E-state index contributed by atoms with van der Waals surface area (Å²) < 4.78 is 27.5. The molecule has 2 aromatic rings. The molecule has 0 bridgehead atoms. The van der Waals surface area contributed by atoms with Gasteiger partial charge in [-0.2, -0.15) is 4.31 Å². The third-order valence-corrected chi connectivity index (χ3v) is 7.43. The summed E-state index contributed by atoms with van der Waals surface area (Å²) in [4.78, 5) is 28.0. The van der Waals surface area contributed by atoms with Gasteiger partial charge in [-0.3, -0.25) is 9.59 Å². The number of carbonyl (C=O) groups is 2. The van der Waals surface area contributed by atoms with Crippen LogP contribution >= 0.6 is 0 Å². The van der Waals surface area contributed by atoms with Gasteiger partial charge in [0.15, 0.2) is 0 Å². The fourth-order valence-corrected chi connectivity index (χ4v) is 5.36. The molecule has 4 rings (SSSR count). The van der Waals surface area contributed by atoms with Crippen LogP contribution in [0.2, 0.25) is 0 Å². The van der Waals surface area contributed by atoms with Gasteiger partial charge in [-0.25, -0.2) is 8.42 Å². The van der Waals surface area contributed by atoms with E-state index in [1.807, 2.05) is 24.3 Å². The van der Waals surface area contributed by atoms with Crippen molar-refractivity contribution in [3.63, 3.8) is 0 Å². The van der Waals surface area contributed by atoms with Gasteiger partial charge in [0.05, 0.1) is 4.90 Å². The van der Waals surface area contributed by atoms with Crippen molar-refractivity contribution in [2.24, 2.45) is 0 Å². The van der Waals surface area contributed by atoms with Crippen molar-refractivity contribution in [3.8, 4) is 0 Å². The average Bonchev–Trinajstić information content (AvgIpc) is 3.17. The minimum atomic E-state index is -3.73. The Morgan fingerprint density at radius 1 is 0.897 bits per heavy atom. The molecule has 1 fully saturated rings. The maximum Gasteiger partial charge on any atom is 0.258 e. The number of fused-ring (bicyclic) bond motifs is 1. The molecule has 2 amide bonds. The lowest BCUT2D eigenvalue weighted by atomic mass is 10.1. The quantitative estimate of drug-likeness (QED) is 0.768. The van der Waals surface area contributed by atoms with Crippen LogP contribution in [-0.4, -0.2) is 62.2 Å². The third kappa shape index (κ3) is 3.65. The zero-order chi connectivity index (χ0) is 20.6. The van der Waals surface area contributed by atoms with E-state index in [4.69, 9.17) is 0 Å². The predicted molar refractivity (Wildman–Crippen MR) is 109 cm³/mol. The van der Waals surface area contributed by atoms with Gasteiger partial charge in [0.1, 0.15) is 0 Å². The van der Waals surface area contributed by atoms with Crippen LogP contribution in [-0.2, 0) is 21.2 Å². The fraction of sp³-hybridized carbons (Fsp3) is 0.333. The van der Waals surface area contributed by atoms with Gasteiger partial charge >= 0.3 is 0 Å². The summed E-state index contributed by atoms with van der Waals surface area (Å²) in [6.45, 7) is 3.31. The molecule has 29 heavy (non-hydrogen) atoms. The number of hydrogen-bond donors (Lipinski definition) is 0. The van der Waals surface area contributed by atoms with E-state index in [0.717, 1.165) is 17.7 Å². The SMILES string of the molecule is CC(=O)N1CCN(S(=O)(=O)c2cccc(C(=O)N3CCc4ccccc43)c2)CC1. The molecule has 2 heterocycles. The molecule has 0 aliphatic carbocycles. The molecule has 1 saturated heterocycles. The first-order chi connectivity index (χ1) is 13.9. The van der Waals surface area contributed by atoms with Crippen LogP contribution < -0.4 is 4.90 Å². The van der Waals surface area contributed by atoms with Crippen molar-refractivity contribution in [1.82, 2.24) is 9.21 Å². The van der Waals surface area contributed by atoms with E-state index < -0.39 is 10.0 Å². The Morgan fingerprint density at radius 2 is 1.62 bits per heavy atom. The van der Waals surface area contributed by atoms with Crippen molar-refractivity contribution in [3.05, 3.63) is 59.7 Å². The van der Waals surface area contributed by atoms with E-state index in [2.05, 4.69) is 0 Å². The Labute approximate surface area is 170 Å². The van der Waals surface area contributed by atoms with E-state index >= 15 is 0 Å². The van der Waals surface area contributed by atoms with E-state index in [0.29, 0.717) is 25.2 Å². The number of piperazine rings is 1. The Bertz CT molecular complexity index is 1060. The van der Waals surface area contributed by atoms with E-state index in [-0.39, 0.29) is 29.8 Å². The number of rotatable bonds is 3. The number of carbonyl (C=O) groups excluding carboxylic acids is 2. The van der Waals surface area contributed by atoms with Crippen LogP contribution in [0.4, 0.5) is 5.69 Å². The highest BCUT2D eigenvalue weighted by atomic mass is 32.2. The molecule has 8 heteroatoms. The van der Waals surface area contributed by atoms with E-state index in [9.17, 15) is 18.0 Å². The van der Waals surface area contributed by atoms with Crippen molar-refractivity contribution in [1.29, 1.82) is 0 Å². The number of para-hydroxylation sites is 1. The van der Waals surface area contributed by atoms with Crippen LogP contribution in [0, 0.1) is 0 Å². The van der Waals surface area contributed by atoms with Crippen molar-refractivity contribution < 1.29 is 18.0 Å². The summed E-state index contributed by atoms with van der Waals surface area (Å²) in [5.41, 5.74) is 2.35. The Balaban J connectivity index is 1.56. The van der Waals surface area contributed by atoms with Crippen molar-refractivity contribution in [2.75, 3.05) is 37.6 Å². The first kappa shape index (κ1) is 19.6. The number of amides is 2. The lowest BCUT2D eigenvalue weighted by molar-refractivity contribution is -0.129. The first-order valence-corrected chi connectivity index (χ1v) is 11.1. The Kier molecular flexibility index (Phi) is 5.14. The van der Waals surface area contributed by atoms with E-state index in [1.54, 1.807) is 21.9 Å². The molecule has 0 radical (unpaired) electrons. The van der Waals surface area contributed by atoms with Gasteiger partial charge in [0, 0.05) is 50.9 Å². The van der Waals surface area contributed by atoms with Crippen LogP contribution in [0.5, 0.6) is 0 Å². The maximum absolute atomic E-state index is 13.1. The lowest BCUT2D eigenvalue weighted by Crippen LogP contribution is -2.49. The normalized spacial score (nSPS) is 17.3. The maximum atomic E-state index is 13.1. The molecule has 0 unspecified atom stereocenters. The van der Waals surface area contributed by atoms with Gasteiger partial charge in [-0.05, 0) is 36.2 Å². The molecule has 0 spiro atoms. The molecule has 2 aliphatic rings. The second-order valence-corrected chi connectivity index (χ2v) is 9.21. The molecule has 0 atom stereocenters. The first-order valence-electron chi connectivity index (χ1n) is 9.63. The highest BCUT2D eigenvalue weighted by Crippen LogP contribution is 2.29. The molecular weight excluding hydrogens is 390 g/mol. The zero-order valence-electron chi connectivity index (χ0n) is 16.2. The van der Waals surface area contributed by atoms with Gasteiger partial charge in [0.25, 0.3) is 5.91 Å². The van der Waals surface area contributed by atoms with Gasteiger partial charge in [-0.1, -0.05) is 24.3 Å². The van der Waals surface area contributed by atoms with Crippen LogP contribution in [0.3, 0.4) is 0 Å². The number of benzene rings is 2. The number of hydrogen-bond acceptors (Lipinski definition) is 4. The Hall–Kier alpha value is -2.71. The lowest BCUT2D eigenvalue weighted by Gasteiger charge is -2.33. The molecule has 2 aromatic carbocycles. The van der Waals surface area contributed by atoms with Crippen molar-refractivity contribution >= 4 is 27.5 Å². The van der Waals surface area contributed by atoms with Crippen LogP contribution in [0.1, 0.15) is 22.8 Å². The average molecular weight is 413 g/mol. The summed E-state index contributed by atoms with van der Waals surface area (Å²) in [7, 11) is -3.73. The van der Waals surface area contributed by atoms with E-state index in [1.165, 1.54) is 23.4 Å². The molecule has 0 aromatic heterocycles. The van der Waals surface area contributed by atoms with Gasteiger partial charge in [-0.15, -0.1) is 0 Å². The molecule has 0 saturated carbocycles. The summed E-state index contributed by atoms with van der Waals surface area (Å²) in [6.07, 6.45) is 0.792. The number of sulfonamides is 1. The largest absolute Gasteiger partial charge is 0.340 e. The number of nitrogens with zero attached hydrogens (tertiary/aromatic N) is 3. The number of anilines is 1. The minimum absolute atomic E-state index is 0.0551. The van der Waals surface area contributed by atoms with Gasteiger partial charge in [0.2, 0.25) is 15.9 Å². The monoisotopic (exact) mass is 413 g/mol. The highest BCUT2D eigenvalue weighted by molar-refractivity contribution is 7.89. The molecular formula is C21H23N3O4S. The van der Waals surface area contributed by atoms with Crippen molar-refractivity contribution in [2.45, 2.75) is 18.2 Å². The summed E-state index contributed by atoms with van der Waals surface area (Å²) in [6, 6.07) is 14.0. The second-order valence-electron chi connectivity index (χ2n) is 7.27. The molecule has 7 nitrogen and oxygen atoms in total. The highest BCUT2D eigenvalue weighted by Gasteiger charge is 2.31. The summed E-state index contributed by atoms with van der Waals surface area (Å²) >= 11 is 0. The zero-order valence-corrected chi connectivity index (χ0v) is 17.1. The summed E-state index contributed by atoms with van der Waals surface area (Å²) in [5, 5.41) is 0. The fourth-order valence-electron chi connectivity index (χ4n) is 3.89. The Morgan fingerprint density at radius 3 is 2.34 bits per heavy atom. The standard InChI is InChI=1S/C21H23N3O4S/c1-16(25)22-11-13-23(14-12-22)29(27,28)19-7-4-6-18(15-19)21(26)24-10-9-17-5-2-3-8-20(17)24/h2-8,15H,9-14H2,1H3. The van der Waals surface area contributed by atoms with Crippen LogP contribution in [0.15, 0.2) is 53.4 Å². The molecule has 0 N–H and O–H groups in total. The molecule has 2 aliphatic heterocycles.